The molecule has 0 radical (unpaired) electrons. The average molecular weight is 207 g/mol. The molecule has 3 heteroatoms. The molecule has 0 unspecified atom stereocenters. The molecule has 0 saturated carbocycles. The molecule has 0 atom stereocenters. The molecule has 0 fully saturated rings. The van der Waals surface area contributed by atoms with Crippen molar-refractivity contribution in [2.24, 2.45) is 0 Å². The van der Waals surface area contributed by atoms with Crippen LogP contribution in [0.4, 0.5) is 0 Å². The molecule has 0 aliphatic carbocycles. The van der Waals surface area contributed by atoms with E-state index in [1.165, 1.54) is 0 Å². The lowest BCUT2D eigenvalue weighted by atomic mass is 10.2. The highest BCUT2D eigenvalue weighted by Crippen LogP contribution is 2.18. The maximum Gasteiger partial charge on any atom is 0.0995 e. The minimum Gasteiger partial charge on any atom is -0.306 e. The normalized spacial score (nSPS) is 10.5. The number of hydrogen-bond donors (Lipinski definition) is 0. The van der Waals surface area contributed by atoms with E-state index in [9.17, 15) is 0 Å². The molecule has 1 aromatic carbocycles. The molecule has 14 heavy (non-hydrogen) atoms. The van der Waals surface area contributed by atoms with E-state index < -0.39 is 0 Å². The summed E-state index contributed by atoms with van der Waals surface area (Å²) in [5.74, 6) is 0. The first kappa shape index (κ1) is 9.28. The first-order valence-electron chi connectivity index (χ1n) is 4.44. The molecule has 0 N–H and O–H groups in total. The van der Waals surface area contributed by atoms with Crippen molar-refractivity contribution >= 4 is 11.6 Å². The highest BCUT2D eigenvalue weighted by atomic mass is 35.5. The fourth-order valence-electron chi connectivity index (χ4n) is 1.46. The number of benzene rings is 1. The van der Waals surface area contributed by atoms with Crippen molar-refractivity contribution in [1.82, 2.24) is 9.55 Å². The highest BCUT2D eigenvalue weighted by molar-refractivity contribution is 6.30. The van der Waals surface area contributed by atoms with Crippen LogP contribution in [0.15, 0.2) is 30.7 Å². The molecule has 2 aromatic rings. The topological polar surface area (TPSA) is 17.8 Å². The average Bonchev–Trinajstić information content (AvgIpc) is 2.51. The number of halogens is 1. The van der Waals surface area contributed by atoms with Crippen molar-refractivity contribution < 1.29 is 0 Å². The fourth-order valence-corrected chi connectivity index (χ4v) is 1.69. The smallest absolute Gasteiger partial charge is 0.0995 e. The van der Waals surface area contributed by atoms with Gasteiger partial charge in [0.05, 0.1) is 12.0 Å². The van der Waals surface area contributed by atoms with E-state index in [1.807, 2.05) is 49.1 Å². The van der Waals surface area contributed by atoms with Gasteiger partial charge in [-0.25, -0.2) is 4.98 Å². The Bertz CT molecular complexity index is 460. The third-order valence-electron chi connectivity index (χ3n) is 2.15. The Morgan fingerprint density at radius 2 is 2.07 bits per heavy atom. The fraction of sp³-hybridized carbons (Fsp3) is 0.182. The third kappa shape index (κ3) is 1.66. The van der Waals surface area contributed by atoms with E-state index in [4.69, 9.17) is 11.6 Å². The van der Waals surface area contributed by atoms with E-state index >= 15 is 0 Å². The zero-order valence-electron chi connectivity index (χ0n) is 8.16. The van der Waals surface area contributed by atoms with Crippen LogP contribution in [0.3, 0.4) is 0 Å². The predicted molar refractivity (Wildman–Crippen MR) is 58.0 cm³/mol. The first-order chi connectivity index (χ1) is 6.66. The van der Waals surface area contributed by atoms with E-state index in [0.29, 0.717) is 0 Å². The van der Waals surface area contributed by atoms with Crippen LogP contribution in [0.1, 0.15) is 11.3 Å². The summed E-state index contributed by atoms with van der Waals surface area (Å²) >= 11 is 5.88. The molecule has 0 aliphatic rings. The Balaban J connectivity index is 2.52. The van der Waals surface area contributed by atoms with Gasteiger partial charge in [0, 0.05) is 16.9 Å². The van der Waals surface area contributed by atoms with Gasteiger partial charge >= 0.3 is 0 Å². The molecular weight excluding hydrogens is 196 g/mol. The van der Waals surface area contributed by atoms with Gasteiger partial charge in [-0.3, -0.25) is 0 Å². The van der Waals surface area contributed by atoms with Crippen molar-refractivity contribution in [2.75, 3.05) is 0 Å². The molecule has 72 valence electrons. The van der Waals surface area contributed by atoms with E-state index in [1.54, 1.807) is 0 Å². The molecule has 2 rings (SSSR count). The Morgan fingerprint density at radius 1 is 1.29 bits per heavy atom. The van der Waals surface area contributed by atoms with Crippen LogP contribution in [0, 0.1) is 13.8 Å². The van der Waals surface area contributed by atoms with Crippen LogP contribution in [0.5, 0.6) is 0 Å². The van der Waals surface area contributed by atoms with Gasteiger partial charge in [0.2, 0.25) is 0 Å². The molecule has 1 aromatic heterocycles. The van der Waals surface area contributed by atoms with Crippen LogP contribution >= 0.6 is 11.6 Å². The van der Waals surface area contributed by atoms with Gasteiger partial charge < -0.3 is 4.57 Å². The van der Waals surface area contributed by atoms with Gasteiger partial charge in [0.1, 0.15) is 0 Å². The highest BCUT2D eigenvalue weighted by Gasteiger charge is 2.01. The number of imidazole rings is 1. The zero-order valence-corrected chi connectivity index (χ0v) is 8.92. The van der Waals surface area contributed by atoms with E-state index in [-0.39, 0.29) is 0 Å². The summed E-state index contributed by atoms with van der Waals surface area (Å²) in [6, 6.07) is 5.84. The van der Waals surface area contributed by atoms with Gasteiger partial charge in [-0.2, -0.15) is 0 Å². The lowest BCUT2D eigenvalue weighted by Gasteiger charge is -2.06. The van der Waals surface area contributed by atoms with Crippen LogP contribution in [0.25, 0.3) is 5.69 Å². The molecule has 0 spiro atoms. The summed E-state index contributed by atoms with van der Waals surface area (Å²) in [6.07, 6.45) is 3.81. The minimum absolute atomic E-state index is 0.767. The van der Waals surface area contributed by atoms with Crippen molar-refractivity contribution in [2.45, 2.75) is 13.8 Å². The largest absolute Gasteiger partial charge is 0.306 e. The lowest BCUT2D eigenvalue weighted by Crippen LogP contribution is -1.92. The van der Waals surface area contributed by atoms with E-state index in [0.717, 1.165) is 22.0 Å². The Hall–Kier alpha value is -1.28. The molecule has 2 nitrogen and oxygen atoms in total. The monoisotopic (exact) mass is 206 g/mol. The molecule has 0 aliphatic heterocycles. The standard InChI is InChI=1S/C11H11ClN2/c1-8-5-10(12)3-4-11(8)14-6-9(2)13-7-14/h3-7H,1-2H3. The summed E-state index contributed by atoms with van der Waals surface area (Å²) < 4.78 is 2.00. The second-order valence-electron chi connectivity index (χ2n) is 3.35. The maximum atomic E-state index is 5.88. The van der Waals surface area contributed by atoms with Gasteiger partial charge in [0.25, 0.3) is 0 Å². The summed E-state index contributed by atoms with van der Waals surface area (Å²) in [6.45, 7) is 4.01. The van der Waals surface area contributed by atoms with Crippen molar-refractivity contribution in [3.8, 4) is 5.69 Å². The second-order valence-corrected chi connectivity index (χ2v) is 3.79. The van der Waals surface area contributed by atoms with Gasteiger partial charge in [0.15, 0.2) is 0 Å². The second kappa shape index (κ2) is 3.46. The number of aromatic nitrogens is 2. The third-order valence-corrected chi connectivity index (χ3v) is 2.38. The Kier molecular flexibility index (Phi) is 2.30. The molecule has 1 heterocycles. The summed E-state index contributed by atoms with van der Waals surface area (Å²) in [5.41, 5.74) is 3.28. The zero-order chi connectivity index (χ0) is 10.1. The quantitative estimate of drug-likeness (QED) is 0.701. The first-order valence-corrected chi connectivity index (χ1v) is 4.82. The summed E-state index contributed by atoms with van der Waals surface area (Å²) in [7, 11) is 0. The molecule has 0 amide bonds. The Morgan fingerprint density at radius 3 is 2.64 bits per heavy atom. The van der Waals surface area contributed by atoms with E-state index in [2.05, 4.69) is 4.98 Å². The van der Waals surface area contributed by atoms with Crippen molar-refractivity contribution in [3.05, 3.63) is 47.0 Å². The Labute approximate surface area is 88.2 Å². The molecule has 0 bridgehead atoms. The minimum atomic E-state index is 0.767. The molecular formula is C11H11ClN2. The maximum absolute atomic E-state index is 5.88. The van der Waals surface area contributed by atoms with Crippen molar-refractivity contribution in [1.29, 1.82) is 0 Å². The van der Waals surface area contributed by atoms with Crippen LogP contribution in [-0.2, 0) is 0 Å². The lowest BCUT2D eigenvalue weighted by molar-refractivity contribution is 1.04. The van der Waals surface area contributed by atoms with Crippen molar-refractivity contribution in [3.63, 3.8) is 0 Å². The van der Waals surface area contributed by atoms with Crippen LogP contribution in [-0.4, -0.2) is 9.55 Å². The SMILES string of the molecule is Cc1cn(-c2ccc(Cl)cc2C)cn1. The van der Waals surface area contributed by atoms with Crippen LogP contribution in [0.2, 0.25) is 5.02 Å². The summed E-state index contributed by atoms with van der Waals surface area (Å²) in [5, 5.41) is 0.767. The number of aryl methyl sites for hydroxylation is 2. The number of hydrogen-bond acceptors (Lipinski definition) is 1. The number of rotatable bonds is 1. The summed E-state index contributed by atoms with van der Waals surface area (Å²) in [4.78, 5) is 4.19. The molecule has 0 saturated heterocycles. The van der Waals surface area contributed by atoms with Crippen LogP contribution < -0.4 is 0 Å². The van der Waals surface area contributed by atoms with Gasteiger partial charge in [-0.15, -0.1) is 0 Å². The van der Waals surface area contributed by atoms with Gasteiger partial charge in [-0.05, 0) is 37.6 Å². The van der Waals surface area contributed by atoms with Gasteiger partial charge in [-0.1, -0.05) is 11.6 Å². The number of nitrogens with zero attached hydrogens (tertiary/aromatic N) is 2. The predicted octanol–water partition coefficient (Wildman–Crippen LogP) is 3.14.